The summed E-state index contributed by atoms with van der Waals surface area (Å²) >= 11 is 7.56. The van der Waals surface area contributed by atoms with Gasteiger partial charge in [0.25, 0.3) is 0 Å². The molecule has 0 aliphatic heterocycles. The Morgan fingerprint density at radius 3 is 2.09 bits per heavy atom. The highest BCUT2D eigenvalue weighted by molar-refractivity contribution is 7.98. The molecule has 3 aromatic carbocycles. The quantitative estimate of drug-likeness (QED) is 0.0496. The second-order valence-corrected chi connectivity index (χ2v) is 21.0. The number of ether oxygens (including phenoxy) is 5. The molecule has 1 aromatic heterocycles. The van der Waals surface area contributed by atoms with E-state index in [0.29, 0.717) is 61.3 Å². The van der Waals surface area contributed by atoms with E-state index < -0.39 is 20.0 Å². The van der Waals surface area contributed by atoms with E-state index in [1.165, 1.54) is 36.0 Å². The van der Waals surface area contributed by atoms with Gasteiger partial charge in [0.05, 0.1) is 69.8 Å². The van der Waals surface area contributed by atoms with Crippen molar-refractivity contribution in [3.8, 4) is 17.2 Å². The second kappa shape index (κ2) is 19.9. The zero-order valence-electron chi connectivity index (χ0n) is 32.5. The Labute approximate surface area is 333 Å². The molecule has 0 bridgehead atoms. The van der Waals surface area contributed by atoms with Gasteiger partial charge < -0.3 is 28.1 Å². The molecule has 14 heteroatoms. The fraction of sp³-hybridized carbons (Fsp3) is 0.488. The van der Waals surface area contributed by atoms with Crippen molar-refractivity contribution < 1.29 is 41.3 Å². The molecule has 0 saturated heterocycles. The van der Waals surface area contributed by atoms with Gasteiger partial charge in [0.1, 0.15) is 35.6 Å². The van der Waals surface area contributed by atoms with Gasteiger partial charge in [0.2, 0.25) is 0 Å². The Balaban J connectivity index is 1.12. The number of fused-ring (bicyclic) bond motifs is 1. The molecule has 1 aliphatic carbocycles. The normalized spacial score (nSPS) is 14.6. The zero-order chi connectivity index (χ0) is 39.6. The van der Waals surface area contributed by atoms with Gasteiger partial charge in [-0.15, -0.1) is 0 Å². The fourth-order valence-corrected chi connectivity index (χ4v) is 8.31. The Morgan fingerprint density at radius 2 is 1.47 bits per heavy atom. The molecule has 0 amide bonds. The fourth-order valence-electron chi connectivity index (χ4n) is 6.03. The van der Waals surface area contributed by atoms with Crippen LogP contribution in [0.3, 0.4) is 0 Å². The summed E-state index contributed by atoms with van der Waals surface area (Å²) < 4.78 is 80.6. The van der Waals surface area contributed by atoms with Gasteiger partial charge in [-0.05, 0) is 79.4 Å². The molecule has 8 nitrogen and oxygen atoms in total. The third-order valence-electron chi connectivity index (χ3n) is 10.1. The van der Waals surface area contributed by atoms with Crippen molar-refractivity contribution in [1.29, 1.82) is 0 Å². The summed E-state index contributed by atoms with van der Waals surface area (Å²) in [5.74, 6) is -1.24. The average Bonchev–Trinajstić information content (AvgIpc) is 3.52. The van der Waals surface area contributed by atoms with Crippen molar-refractivity contribution >= 4 is 31.7 Å². The maximum Gasteiger partial charge on any atom is 0.192 e. The number of rotatable bonds is 20. The van der Waals surface area contributed by atoms with E-state index in [4.69, 9.17) is 44.7 Å². The largest absolute Gasteiger partial charge is 0.495 e. The molecule has 1 heterocycles. The third-order valence-corrected chi connectivity index (χ3v) is 15.9. The summed E-state index contributed by atoms with van der Waals surface area (Å²) in [5, 5.41) is 1.24. The van der Waals surface area contributed by atoms with Gasteiger partial charge in [0.15, 0.2) is 13.5 Å². The Kier molecular flexibility index (Phi) is 15.6. The summed E-state index contributed by atoms with van der Waals surface area (Å²) in [4.78, 5) is 4.96. The van der Waals surface area contributed by atoms with E-state index in [1.54, 1.807) is 19.2 Å². The van der Waals surface area contributed by atoms with Gasteiger partial charge in [-0.25, -0.2) is 18.2 Å². The summed E-state index contributed by atoms with van der Waals surface area (Å²) in [6.45, 7) is 14.2. The minimum Gasteiger partial charge on any atom is -0.495 e. The van der Waals surface area contributed by atoms with Crippen LogP contribution in [0.15, 0.2) is 59.8 Å². The summed E-state index contributed by atoms with van der Waals surface area (Å²) in [5.41, 5.74) is 3.46. The molecule has 55 heavy (non-hydrogen) atoms. The first-order valence-corrected chi connectivity index (χ1v) is 22.9. The van der Waals surface area contributed by atoms with Crippen molar-refractivity contribution in [2.24, 2.45) is 0 Å². The van der Waals surface area contributed by atoms with Crippen LogP contribution >= 0.6 is 23.4 Å². The molecule has 0 saturated carbocycles. The summed E-state index contributed by atoms with van der Waals surface area (Å²) in [6.07, 6.45) is 2.50. The standard InChI is InChI=1S/C41H52ClF3N2O6SSi/c1-41(2,3)55(5,6)53-23-21-51-19-17-49-16-18-50-20-22-52-31-25-35(44)33(36(45)26-31)27-54-40-46-37-9-7-8-32(28-10-15-34(42)38(24-28)48-4)39(37)47(40)30-13-11-29(43)12-14-30/h10-15,24-26,32H,7-9,16-23,27H2,1-6H3. The first-order valence-electron chi connectivity index (χ1n) is 18.6. The second-order valence-electron chi connectivity index (χ2n) is 14.8. The van der Waals surface area contributed by atoms with Gasteiger partial charge in [-0.2, -0.15) is 0 Å². The number of thioether (sulfide) groups is 1. The van der Waals surface area contributed by atoms with Crippen molar-refractivity contribution in [3.05, 3.63) is 99.6 Å². The van der Waals surface area contributed by atoms with Crippen LogP contribution in [0.25, 0.3) is 5.69 Å². The first kappa shape index (κ1) is 43.1. The van der Waals surface area contributed by atoms with Crippen molar-refractivity contribution in [1.82, 2.24) is 9.55 Å². The first-order chi connectivity index (χ1) is 26.3. The molecule has 4 aromatic rings. The van der Waals surface area contributed by atoms with Crippen LogP contribution in [-0.4, -0.2) is 77.8 Å². The Hall–Kier alpha value is -3.04. The number of hydrogen-bond acceptors (Lipinski definition) is 8. The highest BCUT2D eigenvalue weighted by atomic mass is 35.5. The number of hydrogen-bond donors (Lipinski definition) is 0. The van der Waals surface area contributed by atoms with Crippen LogP contribution in [0.5, 0.6) is 11.5 Å². The maximum absolute atomic E-state index is 15.4. The SMILES string of the molecule is COc1cc(C2CCCc3nc(SCc4c(F)cc(OCCOCCOCCOCCO[Si](C)(C)C(C)(C)C)cc4F)n(-c4ccc(F)cc4)c32)ccc1Cl. The lowest BCUT2D eigenvalue weighted by atomic mass is 9.84. The summed E-state index contributed by atoms with van der Waals surface area (Å²) in [6, 6.07) is 14.2. The molecule has 5 rings (SSSR count). The number of aromatic nitrogens is 2. The van der Waals surface area contributed by atoms with E-state index >= 15 is 8.78 Å². The predicted octanol–water partition coefficient (Wildman–Crippen LogP) is 10.2. The topological polar surface area (TPSA) is 73.2 Å². The zero-order valence-corrected chi connectivity index (χ0v) is 35.1. The number of aryl methyl sites for hydroxylation is 1. The number of imidazole rings is 1. The molecule has 0 fully saturated rings. The lowest BCUT2D eigenvalue weighted by molar-refractivity contribution is 0.00429. The third kappa shape index (κ3) is 11.5. The van der Waals surface area contributed by atoms with Crippen molar-refractivity contribution in [3.63, 3.8) is 0 Å². The minimum atomic E-state index is -1.77. The van der Waals surface area contributed by atoms with E-state index in [1.807, 2.05) is 22.8 Å². The van der Waals surface area contributed by atoms with Crippen molar-refractivity contribution in [2.45, 2.75) is 75.0 Å². The smallest absolute Gasteiger partial charge is 0.192 e. The maximum atomic E-state index is 15.4. The van der Waals surface area contributed by atoms with Crippen LogP contribution in [0, 0.1) is 17.5 Å². The Bertz CT molecular complexity index is 1830. The Morgan fingerprint density at radius 1 is 0.855 bits per heavy atom. The van der Waals surface area contributed by atoms with Crippen LogP contribution in [0.1, 0.15) is 62.0 Å². The van der Waals surface area contributed by atoms with Crippen LogP contribution in [0.2, 0.25) is 23.2 Å². The number of nitrogens with zero attached hydrogens (tertiary/aromatic N) is 2. The highest BCUT2D eigenvalue weighted by Gasteiger charge is 2.37. The summed E-state index contributed by atoms with van der Waals surface area (Å²) in [7, 11) is -0.193. The van der Waals surface area contributed by atoms with Gasteiger partial charge >= 0.3 is 0 Å². The van der Waals surface area contributed by atoms with Crippen molar-refractivity contribution in [2.75, 3.05) is 60.0 Å². The number of methoxy groups -OCH3 is 1. The van der Waals surface area contributed by atoms with Crippen LogP contribution < -0.4 is 9.47 Å². The highest BCUT2D eigenvalue weighted by Crippen LogP contribution is 2.43. The number of halogens is 4. The molecule has 0 spiro atoms. The molecule has 0 radical (unpaired) electrons. The molecular formula is C41H52ClF3N2O6SSi. The van der Waals surface area contributed by atoms with E-state index in [9.17, 15) is 4.39 Å². The number of benzene rings is 3. The lowest BCUT2D eigenvalue weighted by Gasteiger charge is -2.36. The predicted molar refractivity (Wildman–Crippen MR) is 213 cm³/mol. The van der Waals surface area contributed by atoms with E-state index in [2.05, 4.69) is 33.9 Å². The van der Waals surface area contributed by atoms with Crippen LogP contribution in [0.4, 0.5) is 13.2 Å². The lowest BCUT2D eigenvalue weighted by Crippen LogP contribution is -2.41. The average molecular weight is 821 g/mol. The van der Waals surface area contributed by atoms with Gasteiger partial charge in [0, 0.05) is 35.1 Å². The monoisotopic (exact) mass is 820 g/mol. The minimum absolute atomic E-state index is 0.0205. The molecule has 1 aliphatic rings. The molecule has 1 atom stereocenters. The molecular weight excluding hydrogens is 769 g/mol. The molecule has 300 valence electrons. The molecule has 0 N–H and O–H groups in total. The van der Waals surface area contributed by atoms with Gasteiger partial charge in [-0.3, -0.25) is 4.57 Å². The van der Waals surface area contributed by atoms with Crippen LogP contribution in [-0.2, 0) is 30.8 Å². The van der Waals surface area contributed by atoms with E-state index in [-0.39, 0.29) is 47.1 Å². The van der Waals surface area contributed by atoms with Gasteiger partial charge in [-0.1, -0.05) is 50.2 Å². The molecule has 1 unspecified atom stereocenters. The van der Waals surface area contributed by atoms with E-state index in [0.717, 1.165) is 36.2 Å².